The number of nitrogens with zero attached hydrogens (tertiary/aromatic N) is 3. The summed E-state index contributed by atoms with van der Waals surface area (Å²) in [4.78, 5) is 38.2. The zero-order chi connectivity index (χ0) is 21.5. The van der Waals surface area contributed by atoms with Crippen molar-refractivity contribution in [1.82, 2.24) is 10.3 Å². The molecule has 30 heavy (non-hydrogen) atoms. The second kappa shape index (κ2) is 7.60. The van der Waals surface area contributed by atoms with E-state index in [1.807, 2.05) is 55.5 Å². The molecule has 4 rings (SSSR count). The number of hydrazone groups is 1. The Labute approximate surface area is 179 Å². The number of amidine groups is 1. The van der Waals surface area contributed by atoms with Crippen molar-refractivity contribution in [2.75, 3.05) is 11.4 Å². The van der Waals surface area contributed by atoms with Gasteiger partial charge < -0.3 is 10.2 Å². The highest BCUT2D eigenvalue weighted by Crippen LogP contribution is 2.54. The van der Waals surface area contributed by atoms with E-state index in [0.717, 1.165) is 28.6 Å². The van der Waals surface area contributed by atoms with Crippen LogP contribution in [0.1, 0.15) is 30.5 Å². The lowest BCUT2D eigenvalue weighted by Gasteiger charge is -2.29. The van der Waals surface area contributed by atoms with Crippen LogP contribution >= 0.6 is 11.8 Å². The van der Waals surface area contributed by atoms with Gasteiger partial charge in [-0.3, -0.25) is 14.4 Å². The van der Waals surface area contributed by atoms with Crippen molar-refractivity contribution >= 4 is 40.3 Å². The number of thioether (sulfide) groups is 1. The summed E-state index contributed by atoms with van der Waals surface area (Å²) in [7, 11) is 0. The smallest absolute Gasteiger partial charge is 0.270 e. The molecule has 1 spiro atoms. The second-order valence-corrected chi connectivity index (χ2v) is 8.56. The van der Waals surface area contributed by atoms with Crippen molar-refractivity contribution in [1.29, 1.82) is 0 Å². The molecule has 0 saturated carbocycles. The molecule has 3 amide bonds. The van der Waals surface area contributed by atoms with Crippen molar-refractivity contribution < 1.29 is 14.4 Å². The van der Waals surface area contributed by atoms with Crippen molar-refractivity contribution in [3.05, 3.63) is 65.2 Å². The largest absolute Gasteiger partial charge is 0.308 e. The van der Waals surface area contributed by atoms with Gasteiger partial charge in [-0.15, -0.1) is 5.10 Å². The summed E-state index contributed by atoms with van der Waals surface area (Å²) in [5.74, 6) is -0.908. The molecule has 0 fully saturated rings. The van der Waals surface area contributed by atoms with Gasteiger partial charge in [0.15, 0.2) is 5.17 Å². The maximum atomic E-state index is 13.8. The van der Waals surface area contributed by atoms with Crippen LogP contribution in [0.25, 0.3) is 0 Å². The Bertz CT molecular complexity index is 1070. The number of benzene rings is 2. The monoisotopic (exact) mass is 422 g/mol. The number of amides is 3. The number of anilines is 1. The van der Waals surface area contributed by atoms with E-state index in [2.05, 4.69) is 10.4 Å². The number of carbonyl (C=O) groups excluding carboxylic acids is 3. The first-order valence-electron chi connectivity index (χ1n) is 9.66. The number of aryl methyl sites for hydroxylation is 1. The van der Waals surface area contributed by atoms with Crippen LogP contribution in [0.3, 0.4) is 0 Å². The summed E-state index contributed by atoms with van der Waals surface area (Å²) < 4.78 is 0. The Hall–Kier alpha value is -3.13. The van der Waals surface area contributed by atoms with Crippen molar-refractivity contribution in [2.45, 2.75) is 32.1 Å². The van der Waals surface area contributed by atoms with Gasteiger partial charge in [-0.25, -0.2) is 0 Å². The molecule has 2 heterocycles. The summed E-state index contributed by atoms with van der Waals surface area (Å²) in [6.07, 6.45) is 0.681. The van der Waals surface area contributed by atoms with Crippen LogP contribution in [0.4, 0.5) is 5.69 Å². The van der Waals surface area contributed by atoms with Crippen molar-refractivity contribution in [3.8, 4) is 0 Å². The third-order valence-electron chi connectivity index (χ3n) is 5.12. The van der Waals surface area contributed by atoms with Crippen LogP contribution in [0.2, 0.25) is 0 Å². The Balaban J connectivity index is 1.75. The quantitative estimate of drug-likeness (QED) is 0.825. The third-order valence-corrected chi connectivity index (χ3v) is 6.36. The van der Waals surface area contributed by atoms with Gasteiger partial charge in [0.2, 0.25) is 16.7 Å². The van der Waals surface area contributed by atoms with Crippen LogP contribution in [0.15, 0.2) is 53.6 Å². The Morgan fingerprint density at radius 2 is 1.87 bits per heavy atom. The summed E-state index contributed by atoms with van der Waals surface area (Å²) in [5, 5.41) is 8.34. The van der Waals surface area contributed by atoms with Gasteiger partial charge in [0.05, 0.1) is 5.69 Å². The molecule has 154 valence electrons. The van der Waals surface area contributed by atoms with E-state index in [-0.39, 0.29) is 22.9 Å². The molecule has 8 heteroatoms. The zero-order valence-corrected chi connectivity index (χ0v) is 17.8. The van der Waals surface area contributed by atoms with Gasteiger partial charge in [-0.1, -0.05) is 48.0 Å². The van der Waals surface area contributed by atoms with Gasteiger partial charge in [-0.2, -0.15) is 5.01 Å². The van der Waals surface area contributed by atoms with Gasteiger partial charge >= 0.3 is 0 Å². The molecule has 0 radical (unpaired) electrons. The molecule has 1 atom stereocenters. The van der Waals surface area contributed by atoms with E-state index in [0.29, 0.717) is 18.5 Å². The Morgan fingerprint density at radius 1 is 1.13 bits per heavy atom. The molecule has 0 bridgehead atoms. The number of nitrogens with one attached hydrogen (secondary N) is 1. The van der Waals surface area contributed by atoms with Gasteiger partial charge in [0.1, 0.15) is 0 Å². The summed E-state index contributed by atoms with van der Waals surface area (Å²) in [6, 6.07) is 15.7. The maximum Gasteiger partial charge on any atom is 0.270 e. The molecule has 7 nitrogen and oxygen atoms in total. The number of hydrogen-bond acceptors (Lipinski definition) is 5. The molecule has 2 aliphatic heterocycles. The van der Waals surface area contributed by atoms with Gasteiger partial charge in [0.25, 0.3) is 5.91 Å². The number of rotatable bonds is 3. The van der Waals surface area contributed by atoms with E-state index in [1.54, 1.807) is 4.90 Å². The first-order valence-corrected chi connectivity index (χ1v) is 10.5. The van der Waals surface area contributed by atoms with Crippen molar-refractivity contribution in [2.24, 2.45) is 5.10 Å². The fourth-order valence-electron chi connectivity index (χ4n) is 3.83. The number of hydrogen-bond donors (Lipinski definition) is 1. The van der Waals surface area contributed by atoms with Gasteiger partial charge in [-0.05, 0) is 36.7 Å². The minimum Gasteiger partial charge on any atom is -0.308 e. The molecule has 0 aliphatic carbocycles. The van der Waals surface area contributed by atoms with Crippen LogP contribution < -0.4 is 10.2 Å². The molecule has 2 aliphatic rings. The zero-order valence-electron chi connectivity index (χ0n) is 17.0. The van der Waals surface area contributed by atoms with E-state index in [4.69, 9.17) is 0 Å². The third kappa shape index (κ3) is 3.27. The fourth-order valence-corrected chi connectivity index (χ4v) is 5.16. The first-order chi connectivity index (χ1) is 14.3. The molecule has 2 aromatic carbocycles. The lowest BCUT2D eigenvalue weighted by molar-refractivity contribution is -0.139. The Kier molecular flexibility index (Phi) is 5.11. The molecule has 0 saturated heterocycles. The topological polar surface area (TPSA) is 82.1 Å². The van der Waals surface area contributed by atoms with Crippen LogP contribution in [-0.2, 0) is 25.7 Å². The molecular formula is C22H22N4O3S. The summed E-state index contributed by atoms with van der Waals surface area (Å²) >= 11 is 1.10. The summed E-state index contributed by atoms with van der Waals surface area (Å²) in [6.45, 7) is 5.16. The van der Waals surface area contributed by atoms with Crippen LogP contribution in [0, 0.1) is 6.92 Å². The molecular weight excluding hydrogens is 400 g/mol. The van der Waals surface area contributed by atoms with E-state index in [1.165, 1.54) is 18.9 Å². The van der Waals surface area contributed by atoms with E-state index < -0.39 is 4.87 Å². The average molecular weight is 423 g/mol. The minimum absolute atomic E-state index is 0.233. The molecule has 0 unspecified atom stereocenters. The normalized spacial score (nSPS) is 19.8. The molecule has 1 N–H and O–H groups in total. The van der Waals surface area contributed by atoms with E-state index >= 15 is 0 Å². The number of carbonyl (C=O) groups is 3. The lowest BCUT2D eigenvalue weighted by Crippen LogP contribution is -2.49. The minimum atomic E-state index is -1.35. The Morgan fingerprint density at radius 3 is 2.53 bits per heavy atom. The highest BCUT2D eigenvalue weighted by atomic mass is 32.2. The first kappa shape index (κ1) is 20.2. The highest BCUT2D eigenvalue weighted by Gasteiger charge is 2.61. The summed E-state index contributed by atoms with van der Waals surface area (Å²) in [5.41, 5.74) is 3.57. The lowest BCUT2D eigenvalue weighted by atomic mass is 10.0. The van der Waals surface area contributed by atoms with Gasteiger partial charge in [0, 0.05) is 26.0 Å². The fraction of sp³-hybridized carbons (Fsp3) is 0.273. The van der Waals surface area contributed by atoms with Crippen molar-refractivity contribution in [3.63, 3.8) is 0 Å². The highest BCUT2D eigenvalue weighted by molar-refractivity contribution is 8.15. The predicted molar refractivity (Wildman–Crippen MR) is 117 cm³/mol. The predicted octanol–water partition coefficient (Wildman–Crippen LogP) is 2.74. The number of fused-ring (bicyclic) bond motifs is 2. The van der Waals surface area contributed by atoms with E-state index in [9.17, 15) is 14.4 Å². The molecule has 0 aromatic heterocycles. The SMILES string of the molecule is CC(=O)NC1=NN(C(C)=O)[C@]2(S1)C(=O)N(CCc1ccccc1)c1ccc(C)cc12. The van der Waals surface area contributed by atoms with Crippen LogP contribution in [0.5, 0.6) is 0 Å². The molecule has 2 aromatic rings. The average Bonchev–Trinajstić information content (AvgIpc) is 3.18. The van der Waals surface area contributed by atoms with Crippen LogP contribution in [-0.4, -0.2) is 34.4 Å². The second-order valence-electron chi connectivity index (χ2n) is 7.38. The maximum absolute atomic E-state index is 13.8. The standard InChI is InChI=1S/C22H22N4O3S/c1-14-9-10-19-18(13-14)22(26(16(3)28)24-21(30-22)23-15(2)27)20(29)25(19)12-11-17-7-5-4-6-8-17/h4-10,13H,11-12H2,1-3H3,(H,23,24,27)/t22-/m1/s1.